The van der Waals surface area contributed by atoms with Crippen molar-refractivity contribution in [2.75, 3.05) is 31.1 Å². The molecule has 2 fully saturated rings. The normalized spacial score (nSPS) is 21.7. The number of hydrogen-bond acceptors (Lipinski definition) is 3. The smallest absolute Gasteiger partial charge is 0.191 e. The molecule has 2 aliphatic rings. The third-order valence-electron chi connectivity index (χ3n) is 6.01. The number of nitrogens with zero attached hydrogens (tertiary/aromatic N) is 3. The molecule has 30 heavy (non-hydrogen) atoms. The molecular formula is C24H34IN5. The summed E-state index contributed by atoms with van der Waals surface area (Å²) in [7, 11) is 0. The van der Waals surface area contributed by atoms with Gasteiger partial charge < -0.3 is 15.5 Å². The van der Waals surface area contributed by atoms with E-state index in [1.54, 1.807) is 0 Å². The number of anilines is 1. The molecule has 1 aliphatic heterocycles. The summed E-state index contributed by atoms with van der Waals surface area (Å²) in [4.78, 5) is 12.0. The number of halogens is 1. The van der Waals surface area contributed by atoms with Crippen LogP contribution in [0.4, 0.5) is 5.82 Å². The van der Waals surface area contributed by atoms with Crippen molar-refractivity contribution in [2.45, 2.75) is 45.1 Å². The molecule has 2 unspecified atom stereocenters. The average molecular weight is 519 g/mol. The molecule has 0 radical (unpaired) electrons. The number of aromatic nitrogens is 1. The molecule has 4 rings (SSSR count). The van der Waals surface area contributed by atoms with Crippen LogP contribution in [0.5, 0.6) is 0 Å². The summed E-state index contributed by atoms with van der Waals surface area (Å²) in [6.07, 6.45) is 3.47. The van der Waals surface area contributed by atoms with Gasteiger partial charge in [0.2, 0.25) is 0 Å². The molecule has 0 bridgehead atoms. The second kappa shape index (κ2) is 11.0. The van der Waals surface area contributed by atoms with Gasteiger partial charge in [0, 0.05) is 37.9 Å². The molecule has 2 aromatic rings. The number of nitrogens with one attached hydrogen (secondary N) is 2. The van der Waals surface area contributed by atoms with Crippen LogP contribution in [0.1, 0.15) is 43.4 Å². The van der Waals surface area contributed by atoms with E-state index < -0.39 is 0 Å². The molecule has 1 aromatic carbocycles. The van der Waals surface area contributed by atoms with Gasteiger partial charge >= 0.3 is 0 Å². The number of guanidine groups is 1. The van der Waals surface area contributed by atoms with E-state index in [9.17, 15) is 0 Å². The van der Waals surface area contributed by atoms with Crippen LogP contribution in [-0.4, -0.2) is 43.2 Å². The average Bonchev–Trinajstić information content (AvgIpc) is 3.53. The van der Waals surface area contributed by atoms with Crippen LogP contribution >= 0.6 is 24.0 Å². The minimum Gasteiger partial charge on any atom is -0.357 e. The van der Waals surface area contributed by atoms with E-state index in [2.05, 4.69) is 82.9 Å². The van der Waals surface area contributed by atoms with Crippen LogP contribution in [-0.2, 0) is 0 Å². The topological polar surface area (TPSA) is 52.6 Å². The highest BCUT2D eigenvalue weighted by Crippen LogP contribution is 2.47. The van der Waals surface area contributed by atoms with Crippen molar-refractivity contribution < 1.29 is 0 Å². The van der Waals surface area contributed by atoms with E-state index in [-0.39, 0.29) is 24.0 Å². The maximum atomic E-state index is 4.90. The number of piperidine rings is 1. The predicted octanol–water partition coefficient (Wildman–Crippen LogP) is 4.34. The molecule has 1 saturated carbocycles. The van der Waals surface area contributed by atoms with Crippen molar-refractivity contribution in [1.29, 1.82) is 0 Å². The van der Waals surface area contributed by atoms with Crippen molar-refractivity contribution in [1.82, 2.24) is 15.6 Å². The first-order valence-electron chi connectivity index (χ1n) is 11.0. The first-order chi connectivity index (χ1) is 14.2. The van der Waals surface area contributed by atoms with E-state index in [0.717, 1.165) is 56.5 Å². The summed E-state index contributed by atoms with van der Waals surface area (Å²) in [5.74, 6) is 3.44. The van der Waals surface area contributed by atoms with Crippen LogP contribution in [0.15, 0.2) is 53.5 Å². The minimum absolute atomic E-state index is 0. The first-order valence-corrected chi connectivity index (χ1v) is 11.0. The van der Waals surface area contributed by atoms with Gasteiger partial charge in [-0.25, -0.2) is 4.98 Å². The van der Waals surface area contributed by atoms with Crippen molar-refractivity contribution >= 4 is 35.8 Å². The standard InChI is InChI=1S/C24H33N5.HI/c1-3-25-24(26-17-20-16-22(20)19-9-5-4-6-10-19)28-21-12-14-29(15-13-21)23-11-7-8-18(2)27-23;/h4-11,20-22H,3,12-17H2,1-2H3,(H2,25,26,28);1H. The number of pyridine rings is 1. The largest absolute Gasteiger partial charge is 0.357 e. The summed E-state index contributed by atoms with van der Waals surface area (Å²) in [6.45, 7) is 8.05. The van der Waals surface area contributed by atoms with E-state index in [4.69, 9.17) is 4.99 Å². The summed E-state index contributed by atoms with van der Waals surface area (Å²) >= 11 is 0. The van der Waals surface area contributed by atoms with Gasteiger partial charge in [-0.3, -0.25) is 4.99 Å². The molecule has 0 spiro atoms. The zero-order chi connectivity index (χ0) is 20.1. The highest BCUT2D eigenvalue weighted by Gasteiger charge is 2.37. The van der Waals surface area contributed by atoms with Crippen LogP contribution in [0, 0.1) is 12.8 Å². The Kier molecular flexibility index (Phi) is 8.36. The first kappa shape index (κ1) is 22.8. The Morgan fingerprint density at radius 2 is 1.87 bits per heavy atom. The molecule has 6 heteroatoms. The highest BCUT2D eigenvalue weighted by atomic mass is 127. The van der Waals surface area contributed by atoms with Gasteiger partial charge in [-0.1, -0.05) is 36.4 Å². The predicted molar refractivity (Wildman–Crippen MR) is 136 cm³/mol. The molecule has 1 aromatic heterocycles. The third-order valence-corrected chi connectivity index (χ3v) is 6.01. The zero-order valence-corrected chi connectivity index (χ0v) is 20.4. The highest BCUT2D eigenvalue weighted by molar-refractivity contribution is 14.0. The number of aryl methyl sites for hydroxylation is 1. The van der Waals surface area contributed by atoms with Crippen LogP contribution in [0.25, 0.3) is 0 Å². The Morgan fingerprint density at radius 3 is 2.57 bits per heavy atom. The molecule has 0 amide bonds. The van der Waals surface area contributed by atoms with Gasteiger partial charge in [0.05, 0.1) is 0 Å². The monoisotopic (exact) mass is 519 g/mol. The third kappa shape index (κ3) is 6.09. The number of hydrogen-bond donors (Lipinski definition) is 2. The maximum absolute atomic E-state index is 4.90. The lowest BCUT2D eigenvalue weighted by molar-refractivity contribution is 0.459. The molecule has 2 N–H and O–H groups in total. The molecule has 1 saturated heterocycles. The van der Waals surface area contributed by atoms with Crippen LogP contribution in [0.3, 0.4) is 0 Å². The second-order valence-corrected chi connectivity index (χ2v) is 8.28. The van der Waals surface area contributed by atoms with Gasteiger partial charge in [-0.2, -0.15) is 0 Å². The lowest BCUT2D eigenvalue weighted by Gasteiger charge is -2.34. The minimum atomic E-state index is 0. The lowest BCUT2D eigenvalue weighted by Crippen LogP contribution is -2.49. The zero-order valence-electron chi connectivity index (χ0n) is 18.1. The number of rotatable bonds is 6. The fourth-order valence-electron chi connectivity index (χ4n) is 4.24. The van der Waals surface area contributed by atoms with Crippen molar-refractivity contribution in [3.63, 3.8) is 0 Å². The van der Waals surface area contributed by atoms with E-state index in [0.29, 0.717) is 17.9 Å². The fourth-order valence-corrected chi connectivity index (χ4v) is 4.24. The van der Waals surface area contributed by atoms with Gasteiger partial charge in [0.15, 0.2) is 5.96 Å². The Bertz CT molecular complexity index is 817. The number of benzene rings is 1. The van der Waals surface area contributed by atoms with Crippen LogP contribution < -0.4 is 15.5 Å². The quantitative estimate of drug-likeness (QED) is 0.339. The summed E-state index contributed by atoms with van der Waals surface area (Å²) < 4.78 is 0. The van der Waals surface area contributed by atoms with Crippen LogP contribution in [0.2, 0.25) is 0 Å². The van der Waals surface area contributed by atoms with E-state index in [1.165, 1.54) is 12.0 Å². The molecule has 2 heterocycles. The van der Waals surface area contributed by atoms with Crippen molar-refractivity contribution in [3.8, 4) is 0 Å². The Hall–Kier alpha value is -1.83. The Labute approximate surface area is 197 Å². The molecular weight excluding hydrogens is 485 g/mol. The van der Waals surface area contributed by atoms with E-state index >= 15 is 0 Å². The molecule has 2 atom stereocenters. The Balaban J connectivity index is 0.00000256. The van der Waals surface area contributed by atoms with Gasteiger partial charge in [0.25, 0.3) is 0 Å². The summed E-state index contributed by atoms with van der Waals surface area (Å²) in [5.41, 5.74) is 2.54. The number of aliphatic imine (C=N–C) groups is 1. The van der Waals surface area contributed by atoms with Gasteiger partial charge in [0.1, 0.15) is 5.82 Å². The van der Waals surface area contributed by atoms with Gasteiger partial charge in [-0.15, -0.1) is 24.0 Å². The molecule has 1 aliphatic carbocycles. The Morgan fingerprint density at radius 1 is 1.10 bits per heavy atom. The van der Waals surface area contributed by atoms with E-state index in [1.807, 2.05) is 0 Å². The molecule has 162 valence electrons. The maximum Gasteiger partial charge on any atom is 0.191 e. The second-order valence-electron chi connectivity index (χ2n) is 8.28. The lowest BCUT2D eigenvalue weighted by atomic mass is 10.1. The van der Waals surface area contributed by atoms with Crippen molar-refractivity contribution in [2.24, 2.45) is 10.9 Å². The summed E-state index contributed by atoms with van der Waals surface area (Å²) in [5, 5.41) is 7.10. The molecule has 5 nitrogen and oxygen atoms in total. The van der Waals surface area contributed by atoms with Gasteiger partial charge in [-0.05, 0) is 62.6 Å². The van der Waals surface area contributed by atoms with Crippen molar-refractivity contribution in [3.05, 3.63) is 59.8 Å². The fraction of sp³-hybridized carbons (Fsp3) is 0.500. The summed E-state index contributed by atoms with van der Waals surface area (Å²) in [6, 6.07) is 17.6. The SMILES string of the molecule is CCNC(=NCC1CC1c1ccccc1)NC1CCN(c2cccc(C)n2)CC1.I.